The Hall–Kier alpha value is -2.63. The second-order valence-electron chi connectivity index (χ2n) is 12.7. The number of halogens is 3. The lowest BCUT2D eigenvalue weighted by Crippen LogP contribution is -2.52. The van der Waals surface area contributed by atoms with E-state index in [1.54, 1.807) is 11.0 Å². The van der Waals surface area contributed by atoms with Crippen LogP contribution < -0.4 is 4.90 Å². The lowest BCUT2D eigenvalue weighted by molar-refractivity contribution is -0.138. The molecule has 3 saturated heterocycles. The largest absolute Gasteiger partial charge is 0.444 e. The summed E-state index contributed by atoms with van der Waals surface area (Å²) < 4.78 is 44.6. The fourth-order valence-electron chi connectivity index (χ4n) is 6.51. The van der Waals surface area contributed by atoms with Crippen molar-refractivity contribution in [2.75, 3.05) is 37.6 Å². The summed E-state index contributed by atoms with van der Waals surface area (Å²) in [6.07, 6.45) is -0.633. The number of rotatable bonds is 3. The number of amides is 2. The van der Waals surface area contributed by atoms with Gasteiger partial charge in [0, 0.05) is 37.6 Å². The van der Waals surface area contributed by atoms with E-state index in [4.69, 9.17) is 4.74 Å². The summed E-state index contributed by atoms with van der Waals surface area (Å²) in [6, 6.07) is 1.08. The topological polar surface area (TPSA) is 78.9 Å². The zero-order valence-corrected chi connectivity index (χ0v) is 23.3. The highest BCUT2D eigenvalue weighted by atomic mass is 32.1. The van der Waals surface area contributed by atoms with Gasteiger partial charge >= 0.3 is 12.3 Å². The van der Waals surface area contributed by atoms with Crippen LogP contribution in [0.4, 0.5) is 23.8 Å². The highest BCUT2D eigenvalue weighted by molar-refractivity contribution is 7.18. The maximum atomic E-state index is 13.8. The molecule has 1 spiro atoms. The van der Waals surface area contributed by atoms with Crippen LogP contribution in [0.2, 0.25) is 0 Å². The average Bonchev–Trinajstić information content (AvgIpc) is 3.16. The molecule has 0 unspecified atom stereocenters. The fraction of sp³-hybridized carbons (Fsp3) is 0.704. The minimum atomic E-state index is -4.27. The molecule has 3 aliphatic heterocycles. The molecule has 8 nitrogen and oxygen atoms in total. The van der Waals surface area contributed by atoms with Crippen molar-refractivity contribution in [3.63, 3.8) is 0 Å². The first-order valence-corrected chi connectivity index (χ1v) is 14.4. The lowest BCUT2D eigenvalue weighted by atomic mass is 9.88. The van der Waals surface area contributed by atoms with Gasteiger partial charge < -0.3 is 14.5 Å². The van der Waals surface area contributed by atoms with Crippen molar-refractivity contribution in [1.82, 2.24) is 19.8 Å². The van der Waals surface area contributed by atoms with Crippen molar-refractivity contribution in [3.8, 4) is 0 Å². The highest BCUT2D eigenvalue weighted by Gasteiger charge is 2.57. The van der Waals surface area contributed by atoms with Gasteiger partial charge in [-0.3, -0.25) is 9.69 Å². The molecule has 2 aromatic rings. The number of carbonyl (C=O) groups is 2. The summed E-state index contributed by atoms with van der Waals surface area (Å²) >= 11 is 1.06. The molecule has 5 heterocycles. The van der Waals surface area contributed by atoms with Crippen LogP contribution in [0, 0.1) is 17.3 Å². The van der Waals surface area contributed by atoms with E-state index in [0.717, 1.165) is 37.1 Å². The van der Waals surface area contributed by atoms with E-state index in [0.29, 0.717) is 54.6 Å². The highest BCUT2D eigenvalue weighted by Crippen LogP contribution is 2.55. The van der Waals surface area contributed by atoms with Gasteiger partial charge in [0.2, 0.25) is 5.91 Å². The first-order chi connectivity index (χ1) is 18.3. The molecule has 0 radical (unpaired) electrons. The van der Waals surface area contributed by atoms with Gasteiger partial charge in [0.15, 0.2) is 0 Å². The number of anilines is 1. The van der Waals surface area contributed by atoms with E-state index < -0.39 is 30.3 Å². The average molecular weight is 566 g/mol. The lowest BCUT2D eigenvalue weighted by Gasteiger charge is -2.37. The van der Waals surface area contributed by atoms with Crippen LogP contribution >= 0.6 is 11.3 Å². The molecule has 0 aromatic carbocycles. The second kappa shape index (κ2) is 9.21. The number of aromatic nitrogens is 2. The molecule has 0 N–H and O–H groups in total. The number of carbonyl (C=O) groups excluding carboxylic acids is 2. The van der Waals surface area contributed by atoms with Crippen LogP contribution in [0.1, 0.15) is 51.3 Å². The van der Waals surface area contributed by atoms with Gasteiger partial charge in [0.25, 0.3) is 0 Å². The van der Waals surface area contributed by atoms with Crippen LogP contribution in [-0.4, -0.2) is 82.3 Å². The molecule has 12 heteroatoms. The molecule has 2 aromatic heterocycles. The maximum Gasteiger partial charge on any atom is 0.410 e. The summed E-state index contributed by atoms with van der Waals surface area (Å²) in [5.41, 5.74) is -0.568. The van der Waals surface area contributed by atoms with E-state index in [1.807, 2.05) is 25.7 Å². The van der Waals surface area contributed by atoms with Crippen LogP contribution in [-0.2, 0) is 16.0 Å². The maximum absolute atomic E-state index is 13.8. The predicted octanol–water partition coefficient (Wildman–Crippen LogP) is 4.87. The van der Waals surface area contributed by atoms with Gasteiger partial charge in [-0.05, 0) is 69.8 Å². The number of piperidine rings is 1. The molecule has 2 amide bonds. The van der Waals surface area contributed by atoms with E-state index in [2.05, 4.69) is 14.9 Å². The van der Waals surface area contributed by atoms with Gasteiger partial charge in [-0.1, -0.05) is 0 Å². The van der Waals surface area contributed by atoms with E-state index in [1.165, 1.54) is 6.33 Å². The predicted molar refractivity (Wildman–Crippen MR) is 141 cm³/mol. The Morgan fingerprint density at radius 2 is 1.87 bits per heavy atom. The molecule has 0 bridgehead atoms. The Balaban J connectivity index is 1.15. The minimum Gasteiger partial charge on any atom is -0.444 e. The van der Waals surface area contributed by atoms with Crippen LogP contribution in [0.3, 0.4) is 0 Å². The summed E-state index contributed by atoms with van der Waals surface area (Å²) in [5, 5.41) is 0.655. The number of ether oxygens (including phenoxy) is 1. The van der Waals surface area contributed by atoms with Crippen molar-refractivity contribution in [3.05, 3.63) is 17.3 Å². The molecule has 6 rings (SSSR count). The molecule has 1 saturated carbocycles. The number of likely N-dealkylation sites (tertiary alicyclic amines) is 2. The first kappa shape index (κ1) is 26.6. The van der Waals surface area contributed by atoms with Crippen molar-refractivity contribution in [2.24, 2.45) is 17.3 Å². The smallest absolute Gasteiger partial charge is 0.410 e. The van der Waals surface area contributed by atoms with Gasteiger partial charge in [-0.2, -0.15) is 13.2 Å². The third-order valence-electron chi connectivity index (χ3n) is 8.52. The molecule has 212 valence electrons. The van der Waals surface area contributed by atoms with Gasteiger partial charge in [0.1, 0.15) is 28.6 Å². The SMILES string of the molecule is CC(C)(C)OC(=O)N1CC2(CC2)C[C@H]1C(=O)N1CC[C@@H]2CN(c3ncnc4sc(CC(F)(F)F)cc34)C[C@@H]2C1. The third-order valence-corrected chi connectivity index (χ3v) is 9.57. The monoisotopic (exact) mass is 565 g/mol. The molecule has 4 fully saturated rings. The number of hydrogen-bond donors (Lipinski definition) is 0. The Kier molecular flexibility index (Phi) is 6.28. The van der Waals surface area contributed by atoms with Gasteiger partial charge in [-0.15, -0.1) is 11.3 Å². The molecular formula is C27H34F3N5O3S. The standard InChI is InChI=1S/C27H34F3N5O3S/c1-25(2,3)38-24(37)35-14-26(5-6-26)10-20(35)23(36)33-7-4-16-11-34(13-17(16)12-33)21-19-8-18(9-27(28,29)30)39-22(19)32-15-31-21/h8,15-17,20H,4-7,9-14H2,1-3H3/t16-,17+,20+/m1/s1. The Labute approximate surface area is 229 Å². The first-order valence-electron chi connectivity index (χ1n) is 13.6. The second-order valence-corrected chi connectivity index (χ2v) is 13.9. The number of hydrogen-bond acceptors (Lipinski definition) is 7. The minimum absolute atomic E-state index is 0.000544. The quantitative estimate of drug-likeness (QED) is 0.529. The summed E-state index contributed by atoms with van der Waals surface area (Å²) in [7, 11) is 0. The van der Waals surface area contributed by atoms with Crippen molar-refractivity contribution < 1.29 is 27.5 Å². The van der Waals surface area contributed by atoms with E-state index in [-0.39, 0.29) is 22.1 Å². The van der Waals surface area contributed by atoms with Crippen molar-refractivity contribution >= 4 is 39.4 Å². The number of thiophene rings is 1. The van der Waals surface area contributed by atoms with E-state index in [9.17, 15) is 22.8 Å². The Morgan fingerprint density at radius 3 is 2.56 bits per heavy atom. The molecule has 1 aliphatic carbocycles. The Morgan fingerprint density at radius 1 is 1.13 bits per heavy atom. The normalized spacial score (nSPS) is 26.4. The summed E-state index contributed by atoms with van der Waals surface area (Å²) in [6.45, 7) is 8.73. The Bertz CT molecular complexity index is 1290. The third kappa shape index (κ3) is 5.40. The van der Waals surface area contributed by atoms with Crippen molar-refractivity contribution in [1.29, 1.82) is 0 Å². The van der Waals surface area contributed by atoms with E-state index >= 15 is 0 Å². The molecule has 3 atom stereocenters. The van der Waals surface area contributed by atoms with Crippen molar-refractivity contribution in [2.45, 2.75) is 70.7 Å². The zero-order valence-electron chi connectivity index (χ0n) is 22.5. The molecule has 39 heavy (non-hydrogen) atoms. The summed E-state index contributed by atoms with van der Waals surface area (Å²) in [5.74, 6) is 1.26. The van der Waals surface area contributed by atoms with Crippen LogP contribution in [0.25, 0.3) is 10.2 Å². The number of fused-ring (bicyclic) bond motifs is 2. The molecule has 4 aliphatic rings. The van der Waals surface area contributed by atoms with Gasteiger partial charge in [-0.25, -0.2) is 14.8 Å². The number of nitrogens with zero attached hydrogens (tertiary/aromatic N) is 5. The number of alkyl halides is 3. The zero-order chi connectivity index (χ0) is 27.7. The van der Waals surface area contributed by atoms with Crippen LogP contribution in [0.15, 0.2) is 12.4 Å². The van der Waals surface area contributed by atoms with Gasteiger partial charge in [0.05, 0.1) is 11.8 Å². The van der Waals surface area contributed by atoms with Crippen LogP contribution in [0.5, 0.6) is 0 Å². The fourth-order valence-corrected chi connectivity index (χ4v) is 7.53. The molecular weight excluding hydrogens is 531 g/mol. The summed E-state index contributed by atoms with van der Waals surface area (Å²) in [4.78, 5) is 41.9.